The van der Waals surface area contributed by atoms with Crippen molar-refractivity contribution in [3.05, 3.63) is 60.2 Å². The fraction of sp³-hybridized carbons (Fsp3) is 0.368. The van der Waals surface area contributed by atoms with Crippen molar-refractivity contribution in [2.24, 2.45) is 0 Å². The Bertz CT molecular complexity index is 738. The summed E-state index contributed by atoms with van der Waals surface area (Å²) in [5.74, 6) is -0.416. The van der Waals surface area contributed by atoms with Gasteiger partial charge in [0.05, 0.1) is 6.20 Å². The summed E-state index contributed by atoms with van der Waals surface area (Å²) in [5.41, 5.74) is 1.53. The number of likely N-dealkylation sites (N-methyl/N-ethyl adjacent to an activating group) is 1. The molecule has 1 unspecified atom stereocenters. The van der Waals surface area contributed by atoms with Crippen molar-refractivity contribution in [1.29, 1.82) is 0 Å². The molecule has 0 aliphatic carbocycles. The molecule has 2 heterocycles. The zero-order chi connectivity index (χ0) is 18.4. The number of benzene rings is 1. The molecule has 7 nitrogen and oxygen atoms in total. The molecule has 2 amide bonds. The highest BCUT2D eigenvalue weighted by atomic mass is 16.2. The van der Waals surface area contributed by atoms with E-state index in [4.69, 9.17) is 0 Å². The van der Waals surface area contributed by atoms with Gasteiger partial charge in [0, 0.05) is 45.6 Å². The lowest BCUT2D eigenvalue weighted by atomic mass is 10.1. The van der Waals surface area contributed by atoms with E-state index >= 15 is 0 Å². The van der Waals surface area contributed by atoms with Gasteiger partial charge < -0.3 is 10.2 Å². The Labute approximate surface area is 153 Å². The summed E-state index contributed by atoms with van der Waals surface area (Å²) in [7, 11) is 1.59. The van der Waals surface area contributed by atoms with Gasteiger partial charge in [0.2, 0.25) is 5.91 Å². The highest BCUT2D eigenvalue weighted by Crippen LogP contribution is 2.14. The maximum Gasteiger partial charge on any atom is 0.274 e. The lowest BCUT2D eigenvalue weighted by molar-refractivity contribution is -0.127. The normalized spacial score (nSPS) is 17.7. The predicted octanol–water partition coefficient (Wildman–Crippen LogP) is 0.592. The fourth-order valence-electron chi connectivity index (χ4n) is 3.17. The van der Waals surface area contributed by atoms with Crippen LogP contribution in [0.1, 0.15) is 16.1 Å². The molecule has 0 saturated carbocycles. The van der Waals surface area contributed by atoms with Gasteiger partial charge in [0.15, 0.2) is 0 Å². The highest BCUT2D eigenvalue weighted by molar-refractivity contribution is 5.96. The Balaban J connectivity index is 1.67. The number of amides is 2. The molecule has 136 valence electrons. The molecule has 7 heteroatoms. The summed E-state index contributed by atoms with van der Waals surface area (Å²) in [6, 6.07) is 9.73. The minimum absolute atomic E-state index is 0.161. The van der Waals surface area contributed by atoms with Crippen LogP contribution in [0, 0.1) is 0 Å². The quantitative estimate of drug-likeness (QED) is 0.851. The van der Waals surface area contributed by atoms with Crippen LogP contribution in [0.4, 0.5) is 0 Å². The summed E-state index contributed by atoms with van der Waals surface area (Å²) < 4.78 is 0. The van der Waals surface area contributed by atoms with Crippen LogP contribution >= 0.6 is 0 Å². The van der Waals surface area contributed by atoms with Crippen LogP contribution in [-0.4, -0.2) is 70.9 Å². The summed E-state index contributed by atoms with van der Waals surface area (Å²) in [5, 5.41) is 2.67. The van der Waals surface area contributed by atoms with Gasteiger partial charge in [-0.15, -0.1) is 0 Å². The van der Waals surface area contributed by atoms with E-state index in [2.05, 4.69) is 32.3 Å². The van der Waals surface area contributed by atoms with E-state index < -0.39 is 6.04 Å². The van der Waals surface area contributed by atoms with Crippen molar-refractivity contribution in [3.8, 4) is 0 Å². The van der Waals surface area contributed by atoms with Crippen molar-refractivity contribution in [1.82, 2.24) is 25.1 Å². The van der Waals surface area contributed by atoms with Gasteiger partial charge >= 0.3 is 0 Å². The fourth-order valence-corrected chi connectivity index (χ4v) is 3.17. The van der Waals surface area contributed by atoms with Crippen LogP contribution in [0.2, 0.25) is 0 Å². The van der Waals surface area contributed by atoms with Gasteiger partial charge in [0.1, 0.15) is 11.7 Å². The van der Waals surface area contributed by atoms with Crippen LogP contribution in [0.5, 0.6) is 0 Å². The topological polar surface area (TPSA) is 78.4 Å². The summed E-state index contributed by atoms with van der Waals surface area (Å²) in [6.45, 7) is 2.58. The minimum Gasteiger partial charge on any atom is -0.357 e. The second-order valence-corrected chi connectivity index (χ2v) is 6.26. The molecule has 1 fully saturated rings. The highest BCUT2D eigenvalue weighted by Gasteiger charge is 2.35. The molecule has 3 rings (SSSR count). The van der Waals surface area contributed by atoms with E-state index in [9.17, 15) is 9.59 Å². The maximum absolute atomic E-state index is 12.7. The predicted molar refractivity (Wildman–Crippen MR) is 97.5 cm³/mol. The van der Waals surface area contributed by atoms with E-state index in [0.717, 1.165) is 19.5 Å². The number of aromatic nitrogens is 2. The van der Waals surface area contributed by atoms with Crippen molar-refractivity contribution in [3.63, 3.8) is 0 Å². The zero-order valence-corrected chi connectivity index (χ0v) is 14.8. The van der Waals surface area contributed by atoms with E-state index in [-0.39, 0.29) is 17.5 Å². The molecular weight excluding hydrogens is 330 g/mol. The number of hydrogen-bond donors (Lipinski definition) is 1. The molecule has 1 aliphatic heterocycles. The molecule has 1 aliphatic rings. The maximum atomic E-state index is 12.7. The molecule has 2 aromatic rings. The largest absolute Gasteiger partial charge is 0.357 e. The second kappa shape index (κ2) is 8.53. The third-order valence-corrected chi connectivity index (χ3v) is 4.62. The Kier molecular flexibility index (Phi) is 5.91. The second-order valence-electron chi connectivity index (χ2n) is 6.26. The number of carbonyl (C=O) groups excluding carboxylic acids is 2. The average molecular weight is 353 g/mol. The zero-order valence-electron chi connectivity index (χ0n) is 14.8. The molecule has 1 N–H and O–H groups in total. The SMILES string of the molecule is CNC(=O)C1CN(CCc2ccccc2)CCN1C(=O)c1cnccn1. The van der Waals surface area contributed by atoms with E-state index in [1.165, 1.54) is 24.2 Å². The first-order valence-corrected chi connectivity index (χ1v) is 8.74. The van der Waals surface area contributed by atoms with Crippen LogP contribution < -0.4 is 5.32 Å². The van der Waals surface area contributed by atoms with Gasteiger partial charge in [-0.05, 0) is 12.0 Å². The molecule has 26 heavy (non-hydrogen) atoms. The molecular formula is C19H23N5O2. The van der Waals surface area contributed by atoms with Crippen molar-refractivity contribution in [2.75, 3.05) is 33.2 Å². The van der Waals surface area contributed by atoms with Crippen molar-refractivity contribution >= 4 is 11.8 Å². The van der Waals surface area contributed by atoms with Gasteiger partial charge in [-0.1, -0.05) is 30.3 Å². The van der Waals surface area contributed by atoms with Crippen LogP contribution in [0.3, 0.4) is 0 Å². The summed E-state index contributed by atoms with van der Waals surface area (Å²) in [4.78, 5) is 37.0. The van der Waals surface area contributed by atoms with Crippen molar-refractivity contribution in [2.45, 2.75) is 12.5 Å². The first-order valence-electron chi connectivity index (χ1n) is 8.74. The van der Waals surface area contributed by atoms with Crippen LogP contribution in [0.25, 0.3) is 0 Å². The Morgan fingerprint density at radius 1 is 1.19 bits per heavy atom. The Morgan fingerprint density at radius 3 is 2.69 bits per heavy atom. The lowest BCUT2D eigenvalue weighted by Crippen LogP contribution is -2.60. The van der Waals surface area contributed by atoms with Gasteiger partial charge in [-0.3, -0.25) is 19.5 Å². The monoisotopic (exact) mass is 353 g/mol. The standard InChI is InChI=1S/C19H23N5O2/c1-20-18(25)17-14-23(10-7-15-5-3-2-4-6-15)11-12-24(17)19(26)16-13-21-8-9-22-16/h2-6,8-9,13,17H,7,10-12,14H2,1H3,(H,20,25). The molecule has 0 bridgehead atoms. The number of hydrogen-bond acceptors (Lipinski definition) is 5. The van der Waals surface area contributed by atoms with E-state index in [0.29, 0.717) is 13.1 Å². The number of piperazine rings is 1. The minimum atomic E-state index is -0.529. The van der Waals surface area contributed by atoms with Gasteiger partial charge in [-0.2, -0.15) is 0 Å². The van der Waals surface area contributed by atoms with Crippen LogP contribution in [0.15, 0.2) is 48.9 Å². The molecule has 0 spiro atoms. The molecule has 0 radical (unpaired) electrons. The third kappa shape index (κ3) is 4.23. The number of rotatable bonds is 5. The first-order chi connectivity index (χ1) is 12.7. The molecule has 1 saturated heterocycles. The van der Waals surface area contributed by atoms with E-state index in [1.54, 1.807) is 11.9 Å². The first kappa shape index (κ1) is 18.0. The summed E-state index contributed by atoms with van der Waals surface area (Å²) in [6.07, 6.45) is 5.36. The smallest absolute Gasteiger partial charge is 0.274 e. The van der Waals surface area contributed by atoms with E-state index in [1.807, 2.05) is 18.2 Å². The van der Waals surface area contributed by atoms with Gasteiger partial charge in [-0.25, -0.2) is 4.98 Å². The Hall–Kier alpha value is -2.80. The Morgan fingerprint density at radius 2 is 2.00 bits per heavy atom. The lowest BCUT2D eigenvalue weighted by Gasteiger charge is -2.40. The van der Waals surface area contributed by atoms with Crippen LogP contribution in [-0.2, 0) is 11.2 Å². The molecule has 1 atom stereocenters. The average Bonchev–Trinajstić information content (AvgIpc) is 2.72. The number of nitrogens with one attached hydrogen (secondary N) is 1. The van der Waals surface area contributed by atoms with Gasteiger partial charge in [0.25, 0.3) is 5.91 Å². The number of nitrogens with zero attached hydrogens (tertiary/aromatic N) is 4. The molecule has 1 aromatic heterocycles. The molecule has 1 aromatic carbocycles. The third-order valence-electron chi connectivity index (χ3n) is 4.62. The summed E-state index contributed by atoms with van der Waals surface area (Å²) >= 11 is 0. The number of carbonyl (C=O) groups is 2. The van der Waals surface area contributed by atoms with Crippen molar-refractivity contribution < 1.29 is 9.59 Å².